The molecule has 0 spiro atoms. The molecule has 1 heterocycles. The summed E-state index contributed by atoms with van der Waals surface area (Å²) in [4.78, 5) is 23.2. The Balaban J connectivity index is 1.82. The summed E-state index contributed by atoms with van der Waals surface area (Å²) < 4.78 is 7.06. The van der Waals surface area contributed by atoms with Crippen molar-refractivity contribution in [1.29, 1.82) is 0 Å². The molecule has 2 amide bonds. The first-order valence-corrected chi connectivity index (χ1v) is 7.67. The van der Waals surface area contributed by atoms with E-state index in [-0.39, 0.29) is 31.4 Å². The van der Waals surface area contributed by atoms with E-state index in [0.29, 0.717) is 5.69 Å². The van der Waals surface area contributed by atoms with E-state index in [9.17, 15) is 9.59 Å². The quantitative estimate of drug-likeness (QED) is 0.741. The van der Waals surface area contributed by atoms with Crippen LogP contribution < -0.4 is 15.4 Å². The Hall–Kier alpha value is -2.90. The van der Waals surface area contributed by atoms with Crippen LogP contribution >= 0.6 is 0 Å². The maximum atomic E-state index is 12.0. The van der Waals surface area contributed by atoms with Gasteiger partial charge in [-0.2, -0.15) is 0 Å². The highest BCUT2D eigenvalue weighted by Gasteiger charge is 2.16. The topological polar surface area (TPSA) is 98.1 Å². The van der Waals surface area contributed by atoms with Gasteiger partial charge in [0, 0.05) is 20.0 Å². The molecule has 24 heavy (non-hydrogen) atoms. The fraction of sp³-hybridized carbons (Fsp3) is 0.375. The van der Waals surface area contributed by atoms with Crippen molar-refractivity contribution >= 4 is 11.8 Å². The maximum Gasteiger partial charge on any atom is 0.244 e. The molecule has 2 N–H and O–H groups in total. The van der Waals surface area contributed by atoms with E-state index in [4.69, 9.17) is 4.74 Å². The van der Waals surface area contributed by atoms with Gasteiger partial charge < -0.3 is 15.4 Å². The number of aromatic nitrogens is 3. The number of carbonyl (C=O) groups is 2. The summed E-state index contributed by atoms with van der Waals surface area (Å²) in [6, 6.07) is 8.87. The third-order valence-corrected chi connectivity index (χ3v) is 3.39. The van der Waals surface area contributed by atoms with Gasteiger partial charge in [0.15, 0.2) is 0 Å². The van der Waals surface area contributed by atoms with Crippen LogP contribution in [0.3, 0.4) is 0 Å². The van der Waals surface area contributed by atoms with Crippen LogP contribution in [0.15, 0.2) is 36.5 Å². The summed E-state index contributed by atoms with van der Waals surface area (Å²) in [5.41, 5.74) is 0.629. The van der Waals surface area contributed by atoms with E-state index in [1.807, 2.05) is 30.3 Å². The van der Waals surface area contributed by atoms with Crippen molar-refractivity contribution in [3.63, 3.8) is 0 Å². The number of hydrogen-bond acceptors (Lipinski definition) is 5. The number of rotatable bonds is 8. The van der Waals surface area contributed by atoms with Crippen molar-refractivity contribution in [2.24, 2.45) is 0 Å². The average molecular weight is 331 g/mol. The van der Waals surface area contributed by atoms with Crippen LogP contribution in [0.4, 0.5) is 0 Å². The molecule has 128 valence electrons. The number of hydrogen-bond donors (Lipinski definition) is 2. The van der Waals surface area contributed by atoms with Crippen LogP contribution in [-0.4, -0.2) is 40.4 Å². The molecular formula is C16H21N5O3. The lowest BCUT2D eigenvalue weighted by Gasteiger charge is -2.11. The van der Waals surface area contributed by atoms with Gasteiger partial charge in [-0.3, -0.25) is 9.59 Å². The molecule has 8 nitrogen and oxygen atoms in total. The standard InChI is InChI=1S/C16H21N5O3/c1-12(16(23)18-9-8-15(22)17-2)21-10-13(19-20-21)11-24-14-6-4-3-5-7-14/h3-7,10,12H,8-9,11H2,1-2H3,(H,17,22)(H,18,23)/t12-/m0/s1. The Bertz CT molecular complexity index is 671. The third-order valence-electron chi connectivity index (χ3n) is 3.39. The molecule has 0 saturated carbocycles. The van der Waals surface area contributed by atoms with Gasteiger partial charge in [0.1, 0.15) is 24.1 Å². The van der Waals surface area contributed by atoms with E-state index >= 15 is 0 Å². The molecule has 1 aromatic carbocycles. The van der Waals surface area contributed by atoms with Crippen LogP contribution in [0.2, 0.25) is 0 Å². The number of benzene rings is 1. The summed E-state index contributed by atoms with van der Waals surface area (Å²) in [5, 5.41) is 13.1. The normalized spacial score (nSPS) is 11.6. The Labute approximate surface area is 140 Å². The van der Waals surface area contributed by atoms with Gasteiger partial charge in [0.05, 0.1) is 6.20 Å². The lowest BCUT2D eigenvalue weighted by molar-refractivity contribution is -0.124. The van der Waals surface area contributed by atoms with Crippen LogP contribution in [0, 0.1) is 0 Å². The Morgan fingerprint density at radius 3 is 2.75 bits per heavy atom. The first-order valence-electron chi connectivity index (χ1n) is 7.67. The molecule has 0 fully saturated rings. The van der Waals surface area contributed by atoms with Crippen molar-refractivity contribution in [3.8, 4) is 5.75 Å². The molecule has 2 aromatic rings. The van der Waals surface area contributed by atoms with Crippen LogP contribution in [0.1, 0.15) is 25.1 Å². The van der Waals surface area contributed by atoms with E-state index in [1.54, 1.807) is 20.2 Å². The summed E-state index contributed by atoms with van der Waals surface area (Å²) in [6.45, 7) is 2.27. The smallest absolute Gasteiger partial charge is 0.244 e. The maximum absolute atomic E-state index is 12.0. The van der Waals surface area contributed by atoms with Crippen LogP contribution in [0.25, 0.3) is 0 Å². The van der Waals surface area contributed by atoms with Crippen molar-refractivity contribution in [1.82, 2.24) is 25.6 Å². The first-order chi connectivity index (χ1) is 11.6. The minimum atomic E-state index is -0.521. The van der Waals surface area contributed by atoms with Gasteiger partial charge in [-0.1, -0.05) is 23.4 Å². The van der Waals surface area contributed by atoms with Gasteiger partial charge in [0.2, 0.25) is 11.8 Å². The van der Waals surface area contributed by atoms with Gasteiger partial charge >= 0.3 is 0 Å². The predicted molar refractivity (Wildman–Crippen MR) is 87.2 cm³/mol. The number of nitrogens with one attached hydrogen (secondary N) is 2. The minimum absolute atomic E-state index is 0.121. The van der Waals surface area contributed by atoms with Crippen LogP contribution in [-0.2, 0) is 16.2 Å². The molecule has 2 rings (SSSR count). The zero-order valence-corrected chi connectivity index (χ0v) is 13.7. The van der Waals surface area contributed by atoms with E-state index in [0.717, 1.165) is 5.75 Å². The Morgan fingerprint density at radius 1 is 1.29 bits per heavy atom. The third kappa shape index (κ3) is 5.08. The molecule has 0 aliphatic carbocycles. The van der Waals surface area contributed by atoms with E-state index in [1.165, 1.54) is 4.68 Å². The number of nitrogens with zero attached hydrogens (tertiary/aromatic N) is 3. The summed E-state index contributed by atoms with van der Waals surface area (Å²) in [6.07, 6.45) is 1.91. The predicted octanol–water partition coefficient (Wildman–Crippen LogP) is 0.670. The molecule has 0 bridgehead atoms. The summed E-state index contributed by atoms with van der Waals surface area (Å²) in [5.74, 6) is 0.399. The number of carbonyl (C=O) groups excluding carboxylic acids is 2. The molecule has 1 aromatic heterocycles. The lowest BCUT2D eigenvalue weighted by Crippen LogP contribution is -2.34. The second-order valence-corrected chi connectivity index (χ2v) is 5.18. The average Bonchev–Trinajstić information content (AvgIpc) is 3.08. The Kier molecular flexibility index (Phi) is 6.30. The number of ether oxygens (including phenoxy) is 1. The molecule has 1 atom stereocenters. The zero-order chi connectivity index (χ0) is 17.4. The molecule has 8 heteroatoms. The van der Waals surface area contributed by atoms with E-state index in [2.05, 4.69) is 20.9 Å². The molecular weight excluding hydrogens is 310 g/mol. The molecule has 0 aliphatic rings. The molecule has 0 aliphatic heterocycles. The summed E-state index contributed by atoms with van der Waals surface area (Å²) in [7, 11) is 1.56. The van der Waals surface area contributed by atoms with Gasteiger partial charge in [0.25, 0.3) is 0 Å². The highest BCUT2D eigenvalue weighted by atomic mass is 16.5. The van der Waals surface area contributed by atoms with Gasteiger partial charge in [-0.05, 0) is 19.1 Å². The lowest BCUT2D eigenvalue weighted by atomic mass is 10.3. The molecule has 0 unspecified atom stereocenters. The molecule has 0 radical (unpaired) electrons. The second kappa shape index (κ2) is 8.66. The van der Waals surface area contributed by atoms with Crippen molar-refractivity contribution in [2.75, 3.05) is 13.6 Å². The number of amides is 2. The monoisotopic (exact) mass is 331 g/mol. The molecule has 0 saturated heterocycles. The van der Waals surface area contributed by atoms with Gasteiger partial charge in [-0.15, -0.1) is 5.10 Å². The fourth-order valence-corrected chi connectivity index (χ4v) is 1.93. The highest BCUT2D eigenvalue weighted by molar-refractivity contribution is 5.81. The van der Waals surface area contributed by atoms with E-state index < -0.39 is 6.04 Å². The minimum Gasteiger partial charge on any atom is -0.487 e. The number of para-hydroxylation sites is 1. The first kappa shape index (κ1) is 17.5. The van der Waals surface area contributed by atoms with Crippen molar-refractivity contribution in [3.05, 3.63) is 42.2 Å². The van der Waals surface area contributed by atoms with Crippen molar-refractivity contribution in [2.45, 2.75) is 26.0 Å². The summed E-state index contributed by atoms with van der Waals surface area (Å²) >= 11 is 0. The van der Waals surface area contributed by atoms with Crippen molar-refractivity contribution < 1.29 is 14.3 Å². The van der Waals surface area contributed by atoms with Gasteiger partial charge in [-0.25, -0.2) is 4.68 Å². The zero-order valence-electron chi connectivity index (χ0n) is 13.7. The second-order valence-electron chi connectivity index (χ2n) is 5.18. The largest absolute Gasteiger partial charge is 0.487 e. The SMILES string of the molecule is CNC(=O)CCNC(=O)[C@H](C)n1cc(COc2ccccc2)nn1. The highest BCUT2D eigenvalue weighted by Crippen LogP contribution is 2.11. The van der Waals surface area contributed by atoms with Crippen LogP contribution in [0.5, 0.6) is 5.75 Å². The Morgan fingerprint density at radius 2 is 2.04 bits per heavy atom. The fourth-order valence-electron chi connectivity index (χ4n) is 1.93.